The van der Waals surface area contributed by atoms with Crippen molar-refractivity contribution in [3.63, 3.8) is 0 Å². The third kappa shape index (κ3) is 2.02. The molecule has 0 amide bonds. The van der Waals surface area contributed by atoms with Gasteiger partial charge in [0.15, 0.2) is 4.77 Å². The maximum absolute atomic E-state index is 9.12. The van der Waals surface area contributed by atoms with Crippen LogP contribution in [0.25, 0.3) is 11.0 Å². The standard InChI is InChI=1S/C14H12N4OS/c1-2-10-7-16-12(19-10)8-18-11-5-3-4-9(6-15)13(11)17-14(18)20/h3-5,7H,2,8H2,1H3,(H,17,20). The van der Waals surface area contributed by atoms with Crippen LogP contribution < -0.4 is 0 Å². The molecule has 0 aliphatic carbocycles. The van der Waals surface area contributed by atoms with Crippen LogP contribution in [0.5, 0.6) is 0 Å². The quantitative estimate of drug-likeness (QED) is 0.750. The van der Waals surface area contributed by atoms with Crippen molar-refractivity contribution in [1.82, 2.24) is 14.5 Å². The summed E-state index contributed by atoms with van der Waals surface area (Å²) in [6.45, 7) is 2.47. The van der Waals surface area contributed by atoms with Gasteiger partial charge in [-0.15, -0.1) is 0 Å². The molecular formula is C14H12N4OS. The van der Waals surface area contributed by atoms with Crippen molar-refractivity contribution < 1.29 is 4.42 Å². The first kappa shape index (κ1) is 12.6. The average molecular weight is 284 g/mol. The second-order valence-electron chi connectivity index (χ2n) is 4.40. The lowest BCUT2D eigenvalue weighted by Gasteiger charge is -2.01. The van der Waals surface area contributed by atoms with Crippen molar-refractivity contribution >= 4 is 23.3 Å². The summed E-state index contributed by atoms with van der Waals surface area (Å²) in [6, 6.07) is 7.68. The monoisotopic (exact) mass is 284 g/mol. The normalized spacial score (nSPS) is 10.8. The highest BCUT2D eigenvalue weighted by molar-refractivity contribution is 7.71. The molecule has 1 N–H and O–H groups in total. The lowest BCUT2D eigenvalue weighted by atomic mass is 10.2. The molecule has 3 rings (SSSR count). The Hall–Kier alpha value is -2.39. The van der Waals surface area contributed by atoms with Gasteiger partial charge in [0, 0.05) is 6.42 Å². The zero-order chi connectivity index (χ0) is 14.1. The van der Waals surface area contributed by atoms with Gasteiger partial charge in [0.25, 0.3) is 0 Å². The Morgan fingerprint density at radius 1 is 1.50 bits per heavy atom. The van der Waals surface area contributed by atoms with Crippen LogP contribution in [0.1, 0.15) is 24.1 Å². The van der Waals surface area contributed by atoms with Crippen LogP contribution in [0.3, 0.4) is 0 Å². The molecule has 6 heteroatoms. The van der Waals surface area contributed by atoms with E-state index >= 15 is 0 Å². The van der Waals surface area contributed by atoms with Crippen molar-refractivity contribution in [3.05, 3.63) is 46.4 Å². The number of aromatic amines is 1. The van der Waals surface area contributed by atoms with E-state index in [0.29, 0.717) is 22.8 Å². The van der Waals surface area contributed by atoms with Gasteiger partial charge in [-0.25, -0.2) is 4.98 Å². The molecule has 1 aromatic carbocycles. The molecule has 2 aromatic heterocycles. The van der Waals surface area contributed by atoms with Crippen LogP contribution in [-0.2, 0) is 13.0 Å². The number of para-hydroxylation sites is 1. The zero-order valence-corrected chi connectivity index (χ0v) is 11.7. The minimum atomic E-state index is 0.452. The summed E-state index contributed by atoms with van der Waals surface area (Å²) in [4.78, 5) is 7.31. The lowest BCUT2D eigenvalue weighted by molar-refractivity contribution is 0.447. The number of imidazole rings is 1. The van der Waals surface area contributed by atoms with Crippen LogP contribution >= 0.6 is 12.2 Å². The number of aryl methyl sites for hydroxylation is 1. The second-order valence-corrected chi connectivity index (χ2v) is 4.79. The Balaban J connectivity index is 2.10. The van der Waals surface area contributed by atoms with Gasteiger partial charge in [-0.1, -0.05) is 13.0 Å². The lowest BCUT2D eigenvalue weighted by Crippen LogP contribution is -1.99. The van der Waals surface area contributed by atoms with E-state index in [-0.39, 0.29) is 0 Å². The first-order valence-electron chi connectivity index (χ1n) is 6.28. The maximum atomic E-state index is 9.12. The molecule has 0 fully saturated rings. The molecule has 0 radical (unpaired) electrons. The molecule has 0 unspecified atom stereocenters. The van der Waals surface area contributed by atoms with Crippen LogP contribution in [0.2, 0.25) is 0 Å². The van der Waals surface area contributed by atoms with Gasteiger partial charge in [-0.2, -0.15) is 5.26 Å². The van der Waals surface area contributed by atoms with E-state index < -0.39 is 0 Å². The Kier molecular flexibility index (Phi) is 3.12. The third-order valence-electron chi connectivity index (χ3n) is 3.17. The van der Waals surface area contributed by atoms with Crippen molar-refractivity contribution in [3.8, 4) is 6.07 Å². The zero-order valence-electron chi connectivity index (χ0n) is 10.9. The highest BCUT2D eigenvalue weighted by Gasteiger charge is 2.11. The molecule has 0 saturated heterocycles. The Morgan fingerprint density at radius 2 is 2.35 bits per heavy atom. The molecule has 0 aliphatic rings. The van der Waals surface area contributed by atoms with E-state index in [0.717, 1.165) is 23.2 Å². The van der Waals surface area contributed by atoms with Gasteiger partial charge in [0.2, 0.25) is 5.89 Å². The minimum Gasteiger partial charge on any atom is -0.444 e. The number of nitriles is 1. The molecule has 5 nitrogen and oxygen atoms in total. The van der Waals surface area contributed by atoms with Crippen molar-refractivity contribution in [2.24, 2.45) is 0 Å². The van der Waals surface area contributed by atoms with Crippen LogP contribution in [0.15, 0.2) is 28.8 Å². The fourth-order valence-corrected chi connectivity index (χ4v) is 2.42. The van der Waals surface area contributed by atoms with Gasteiger partial charge in [0.05, 0.1) is 22.8 Å². The fourth-order valence-electron chi connectivity index (χ4n) is 2.15. The Labute approximate surface area is 120 Å². The predicted molar refractivity (Wildman–Crippen MR) is 76.8 cm³/mol. The number of hydrogen-bond donors (Lipinski definition) is 1. The molecule has 0 atom stereocenters. The smallest absolute Gasteiger partial charge is 0.214 e. The van der Waals surface area contributed by atoms with E-state index in [1.54, 1.807) is 12.3 Å². The first-order chi connectivity index (χ1) is 9.72. The SMILES string of the molecule is CCc1cnc(Cn2c(=S)[nH]c3c(C#N)cccc32)o1. The van der Waals surface area contributed by atoms with Crippen LogP contribution in [0.4, 0.5) is 0 Å². The summed E-state index contributed by atoms with van der Waals surface area (Å²) in [7, 11) is 0. The Bertz CT molecular complexity index is 865. The topological polar surface area (TPSA) is 70.5 Å². The number of nitrogens with one attached hydrogen (secondary N) is 1. The number of aromatic nitrogens is 3. The van der Waals surface area contributed by atoms with Crippen LogP contribution in [-0.4, -0.2) is 14.5 Å². The molecule has 0 spiro atoms. The molecule has 0 saturated carbocycles. The van der Waals surface area contributed by atoms with Gasteiger partial charge in [-0.05, 0) is 24.4 Å². The number of fused-ring (bicyclic) bond motifs is 1. The molecule has 20 heavy (non-hydrogen) atoms. The maximum Gasteiger partial charge on any atom is 0.214 e. The summed E-state index contributed by atoms with van der Waals surface area (Å²) >= 11 is 5.32. The van der Waals surface area contributed by atoms with E-state index in [2.05, 4.69) is 16.0 Å². The largest absolute Gasteiger partial charge is 0.444 e. The second kappa shape index (κ2) is 4.94. The van der Waals surface area contributed by atoms with Gasteiger partial charge >= 0.3 is 0 Å². The number of benzene rings is 1. The molecule has 0 aliphatic heterocycles. The van der Waals surface area contributed by atoms with Crippen molar-refractivity contribution in [2.75, 3.05) is 0 Å². The van der Waals surface area contributed by atoms with Crippen LogP contribution in [0, 0.1) is 16.1 Å². The predicted octanol–water partition coefficient (Wildman–Crippen LogP) is 3.17. The van der Waals surface area contributed by atoms with Crippen molar-refractivity contribution in [1.29, 1.82) is 5.26 Å². The van der Waals surface area contributed by atoms with Gasteiger partial charge in [0.1, 0.15) is 18.4 Å². The van der Waals surface area contributed by atoms with E-state index in [9.17, 15) is 0 Å². The number of nitrogens with zero attached hydrogens (tertiary/aromatic N) is 3. The number of oxazole rings is 1. The molecule has 100 valence electrons. The Morgan fingerprint density at radius 3 is 3.05 bits per heavy atom. The number of H-pyrrole nitrogens is 1. The van der Waals surface area contributed by atoms with E-state index in [1.807, 2.05) is 23.6 Å². The van der Waals surface area contributed by atoms with E-state index in [4.69, 9.17) is 21.9 Å². The van der Waals surface area contributed by atoms with Gasteiger partial charge in [-0.3, -0.25) is 0 Å². The summed E-state index contributed by atoms with van der Waals surface area (Å²) in [6.07, 6.45) is 2.54. The summed E-state index contributed by atoms with van der Waals surface area (Å²) in [5.41, 5.74) is 2.21. The van der Waals surface area contributed by atoms with Gasteiger partial charge < -0.3 is 14.0 Å². The minimum absolute atomic E-state index is 0.452. The van der Waals surface area contributed by atoms with Crippen molar-refractivity contribution in [2.45, 2.75) is 19.9 Å². The summed E-state index contributed by atoms with van der Waals surface area (Å²) in [5, 5.41) is 9.12. The average Bonchev–Trinajstić information content (AvgIpc) is 3.04. The molecule has 0 bridgehead atoms. The number of rotatable bonds is 3. The van der Waals surface area contributed by atoms with E-state index in [1.165, 1.54) is 0 Å². The summed E-state index contributed by atoms with van der Waals surface area (Å²) < 4.78 is 8.05. The summed E-state index contributed by atoms with van der Waals surface area (Å²) in [5.74, 6) is 1.46. The molecule has 2 heterocycles. The third-order valence-corrected chi connectivity index (χ3v) is 3.50. The highest BCUT2D eigenvalue weighted by atomic mass is 32.1. The fraction of sp³-hybridized carbons (Fsp3) is 0.214. The molecule has 3 aromatic rings. The number of hydrogen-bond acceptors (Lipinski definition) is 4. The molecular weight excluding hydrogens is 272 g/mol. The first-order valence-corrected chi connectivity index (χ1v) is 6.69. The highest BCUT2D eigenvalue weighted by Crippen LogP contribution is 2.19.